The first kappa shape index (κ1) is 23.1. The van der Waals surface area contributed by atoms with Crippen molar-refractivity contribution >= 4 is 23.4 Å². The molecule has 0 spiro atoms. The van der Waals surface area contributed by atoms with Gasteiger partial charge >= 0.3 is 0 Å². The molecular weight excluding hydrogens is 380 g/mol. The van der Waals surface area contributed by atoms with Gasteiger partial charge in [-0.05, 0) is 44.2 Å². The SMILES string of the molecule is CCN(CC)C(=O)c1cccc(NC(=O)C[NH+](C)Cc2ccc(C(=O)NC)cc2)c1. The van der Waals surface area contributed by atoms with Crippen LogP contribution >= 0.6 is 0 Å². The van der Waals surface area contributed by atoms with Gasteiger partial charge in [0.15, 0.2) is 6.54 Å². The van der Waals surface area contributed by atoms with Crippen molar-refractivity contribution in [3.63, 3.8) is 0 Å². The number of hydrogen-bond donors (Lipinski definition) is 3. The summed E-state index contributed by atoms with van der Waals surface area (Å²) in [6.45, 7) is 6.11. The van der Waals surface area contributed by atoms with Gasteiger partial charge in [-0.25, -0.2) is 0 Å². The minimum atomic E-state index is -0.123. The highest BCUT2D eigenvalue weighted by molar-refractivity contribution is 5.97. The zero-order chi connectivity index (χ0) is 22.1. The number of quaternary nitrogens is 1. The van der Waals surface area contributed by atoms with Crippen LogP contribution in [0, 0.1) is 0 Å². The third-order valence-corrected chi connectivity index (χ3v) is 4.86. The van der Waals surface area contributed by atoms with Gasteiger partial charge in [0.25, 0.3) is 17.7 Å². The van der Waals surface area contributed by atoms with E-state index < -0.39 is 0 Å². The van der Waals surface area contributed by atoms with Gasteiger partial charge in [0.05, 0.1) is 7.05 Å². The van der Waals surface area contributed by atoms with Crippen LogP contribution in [0.4, 0.5) is 5.69 Å². The first-order chi connectivity index (χ1) is 14.4. The molecule has 2 rings (SSSR count). The van der Waals surface area contributed by atoms with Crippen LogP contribution in [0.2, 0.25) is 0 Å². The molecule has 0 heterocycles. The molecule has 160 valence electrons. The Balaban J connectivity index is 1.93. The summed E-state index contributed by atoms with van der Waals surface area (Å²) in [7, 11) is 3.54. The van der Waals surface area contributed by atoms with Gasteiger partial charge in [-0.2, -0.15) is 0 Å². The maximum atomic E-state index is 12.5. The number of carbonyl (C=O) groups is 3. The minimum absolute atomic E-state index is 0.0426. The summed E-state index contributed by atoms with van der Waals surface area (Å²) in [5.41, 5.74) is 2.82. The number of rotatable bonds is 9. The largest absolute Gasteiger partial charge is 0.355 e. The van der Waals surface area contributed by atoms with E-state index in [0.29, 0.717) is 36.4 Å². The van der Waals surface area contributed by atoms with Crippen molar-refractivity contribution in [3.05, 3.63) is 65.2 Å². The van der Waals surface area contributed by atoms with E-state index >= 15 is 0 Å². The Morgan fingerprint density at radius 3 is 2.23 bits per heavy atom. The van der Waals surface area contributed by atoms with Crippen molar-refractivity contribution in [3.8, 4) is 0 Å². The monoisotopic (exact) mass is 411 g/mol. The van der Waals surface area contributed by atoms with Gasteiger partial charge in [-0.1, -0.05) is 18.2 Å². The smallest absolute Gasteiger partial charge is 0.279 e. The van der Waals surface area contributed by atoms with Crippen LogP contribution in [0.1, 0.15) is 40.1 Å². The van der Waals surface area contributed by atoms with Crippen LogP contribution < -0.4 is 15.5 Å². The zero-order valence-electron chi connectivity index (χ0n) is 18.1. The molecule has 2 aromatic rings. The number of likely N-dealkylation sites (N-methyl/N-ethyl adjacent to an activating group) is 1. The number of carbonyl (C=O) groups excluding carboxylic acids is 3. The second-order valence-electron chi connectivity index (χ2n) is 7.19. The molecule has 0 aliphatic heterocycles. The first-order valence-corrected chi connectivity index (χ1v) is 10.2. The maximum absolute atomic E-state index is 12.5. The van der Waals surface area contributed by atoms with E-state index in [1.807, 2.05) is 33.0 Å². The van der Waals surface area contributed by atoms with Crippen LogP contribution in [0.15, 0.2) is 48.5 Å². The summed E-state index contributed by atoms with van der Waals surface area (Å²) < 4.78 is 0. The van der Waals surface area contributed by atoms with Crippen molar-refractivity contribution in [2.45, 2.75) is 20.4 Å². The molecule has 7 nitrogen and oxygen atoms in total. The predicted octanol–water partition coefficient (Wildman–Crippen LogP) is 1.18. The number of nitrogens with one attached hydrogen (secondary N) is 3. The van der Waals surface area contributed by atoms with Crippen LogP contribution in [0.25, 0.3) is 0 Å². The van der Waals surface area contributed by atoms with Crippen LogP contribution in [-0.2, 0) is 11.3 Å². The molecule has 1 unspecified atom stereocenters. The second-order valence-corrected chi connectivity index (χ2v) is 7.19. The van der Waals surface area contributed by atoms with Crippen molar-refractivity contribution in [2.24, 2.45) is 0 Å². The van der Waals surface area contributed by atoms with Crippen molar-refractivity contribution < 1.29 is 19.3 Å². The summed E-state index contributed by atoms with van der Waals surface area (Å²) in [4.78, 5) is 39.3. The van der Waals surface area contributed by atoms with Gasteiger partial charge in [-0.15, -0.1) is 0 Å². The highest BCUT2D eigenvalue weighted by atomic mass is 16.2. The maximum Gasteiger partial charge on any atom is 0.279 e. The molecule has 0 aliphatic carbocycles. The highest BCUT2D eigenvalue weighted by Gasteiger charge is 2.15. The summed E-state index contributed by atoms with van der Waals surface area (Å²) in [6.07, 6.45) is 0. The Kier molecular flexibility index (Phi) is 8.55. The molecule has 3 amide bonds. The summed E-state index contributed by atoms with van der Waals surface area (Å²) >= 11 is 0. The van der Waals surface area contributed by atoms with Crippen LogP contribution in [0.3, 0.4) is 0 Å². The average Bonchev–Trinajstić information content (AvgIpc) is 2.74. The molecule has 0 saturated heterocycles. The molecule has 7 heteroatoms. The summed E-state index contributed by atoms with van der Waals surface area (Å²) in [5, 5.41) is 5.47. The third-order valence-electron chi connectivity index (χ3n) is 4.86. The Bertz CT molecular complexity index is 876. The lowest BCUT2D eigenvalue weighted by atomic mass is 10.1. The lowest BCUT2D eigenvalue weighted by molar-refractivity contribution is -0.885. The fourth-order valence-electron chi connectivity index (χ4n) is 3.23. The fraction of sp³-hybridized carbons (Fsp3) is 0.348. The van der Waals surface area contributed by atoms with Crippen molar-refractivity contribution in [1.29, 1.82) is 0 Å². The fourth-order valence-corrected chi connectivity index (χ4v) is 3.23. The molecule has 1 atom stereocenters. The molecule has 0 aromatic heterocycles. The van der Waals surface area contributed by atoms with Crippen LogP contribution in [-0.4, -0.2) is 56.4 Å². The molecule has 2 aromatic carbocycles. The minimum Gasteiger partial charge on any atom is -0.355 e. The second kappa shape index (κ2) is 11.1. The Hall–Kier alpha value is -3.19. The third kappa shape index (κ3) is 6.42. The standard InChI is InChI=1S/C23H30N4O3/c1-5-27(6-2)23(30)19-8-7-9-20(14-19)25-21(28)16-26(4)15-17-10-12-18(13-11-17)22(29)24-3/h7-14H,5-6,15-16H2,1-4H3,(H,24,29)(H,25,28)/p+1. The van der Waals surface area contributed by atoms with Gasteiger partial charge in [0, 0.05) is 42.5 Å². The Morgan fingerprint density at radius 2 is 1.63 bits per heavy atom. The number of anilines is 1. The van der Waals surface area contributed by atoms with E-state index in [1.165, 1.54) is 0 Å². The van der Waals surface area contributed by atoms with E-state index in [9.17, 15) is 14.4 Å². The molecule has 3 N–H and O–H groups in total. The molecule has 0 fully saturated rings. The summed E-state index contributed by atoms with van der Waals surface area (Å²) in [5.74, 6) is -0.288. The molecule has 0 aliphatic rings. The number of amides is 3. The molecule has 0 radical (unpaired) electrons. The molecular formula is C23H31N4O3+. The zero-order valence-corrected chi connectivity index (χ0v) is 18.1. The predicted molar refractivity (Wildman–Crippen MR) is 118 cm³/mol. The van der Waals surface area contributed by atoms with E-state index in [0.717, 1.165) is 10.5 Å². The number of nitrogens with zero attached hydrogens (tertiary/aromatic N) is 1. The lowest BCUT2D eigenvalue weighted by Crippen LogP contribution is -3.08. The van der Waals surface area contributed by atoms with Crippen molar-refractivity contribution in [1.82, 2.24) is 10.2 Å². The van der Waals surface area contributed by atoms with E-state index in [1.54, 1.807) is 48.3 Å². The number of benzene rings is 2. The van der Waals surface area contributed by atoms with E-state index in [4.69, 9.17) is 0 Å². The van der Waals surface area contributed by atoms with Gasteiger partial charge in [-0.3, -0.25) is 14.4 Å². The molecule has 0 bridgehead atoms. The quantitative estimate of drug-likeness (QED) is 0.580. The van der Waals surface area contributed by atoms with Crippen LogP contribution in [0.5, 0.6) is 0 Å². The Morgan fingerprint density at radius 1 is 0.967 bits per heavy atom. The lowest BCUT2D eigenvalue weighted by Gasteiger charge is -2.19. The van der Waals surface area contributed by atoms with Gasteiger partial charge in [0.2, 0.25) is 0 Å². The topological polar surface area (TPSA) is 83.0 Å². The Labute approximate surface area is 178 Å². The number of hydrogen-bond acceptors (Lipinski definition) is 3. The highest BCUT2D eigenvalue weighted by Crippen LogP contribution is 2.13. The summed E-state index contributed by atoms with van der Waals surface area (Å²) in [6, 6.07) is 14.4. The normalized spacial score (nSPS) is 11.5. The first-order valence-electron chi connectivity index (χ1n) is 10.2. The van der Waals surface area contributed by atoms with E-state index in [2.05, 4.69) is 10.6 Å². The average molecular weight is 412 g/mol. The van der Waals surface area contributed by atoms with E-state index in [-0.39, 0.29) is 24.3 Å². The van der Waals surface area contributed by atoms with Gasteiger partial charge < -0.3 is 20.4 Å². The molecule has 30 heavy (non-hydrogen) atoms. The van der Waals surface area contributed by atoms with Gasteiger partial charge in [0.1, 0.15) is 6.54 Å². The molecule has 0 saturated carbocycles. The van der Waals surface area contributed by atoms with Crippen molar-refractivity contribution in [2.75, 3.05) is 39.0 Å².